The summed E-state index contributed by atoms with van der Waals surface area (Å²) in [5, 5.41) is 5.18. The van der Waals surface area contributed by atoms with Crippen molar-refractivity contribution in [2.45, 2.75) is 6.61 Å². The normalized spacial score (nSPS) is 13.0. The minimum absolute atomic E-state index is 0.114. The van der Waals surface area contributed by atoms with Crippen LogP contribution in [0.5, 0.6) is 5.75 Å². The van der Waals surface area contributed by atoms with Gasteiger partial charge in [0.25, 0.3) is 0 Å². The maximum atomic E-state index is 13.2. The molecule has 126 valence electrons. The van der Waals surface area contributed by atoms with Crippen molar-refractivity contribution in [3.05, 3.63) is 83.6 Å². The first kappa shape index (κ1) is 14.8. The van der Waals surface area contributed by atoms with Crippen LogP contribution < -0.4 is 4.74 Å². The standard InChI is InChI=1S/C20H12FN3O2/c21-13-3-5-14(6-4-13)24-18-9-19-16(8-12(18)10-23-24)20(25)15-2-1-7-22-17(15)11-26-19/h1-10H,11H2. The second-order valence-electron chi connectivity index (χ2n) is 6.06. The van der Waals surface area contributed by atoms with Crippen LogP contribution in [0.3, 0.4) is 0 Å². The van der Waals surface area contributed by atoms with E-state index in [9.17, 15) is 9.18 Å². The van der Waals surface area contributed by atoms with Crippen LogP contribution in [0.2, 0.25) is 0 Å². The number of fused-ring (bicyclic) bond motifs is 3. The van der Waals surface area contributed by atoms with Gasteiger partial charge in [-0.1, -0.05) is 0 Å². The minimum Gasteiger partial charge on any atom is -0.486 e. The van der Waals surface area contributed by atoms with Gasteiger partial charge in [-0.3, -0.25) is 9.78 Å². The van der Waals surface area contributed by atoms with Gasteiger partial charge in [0.2, 0.25) is 0 Å². The number of ketones is 1. The van der Waals surface area contributed by atoms with Gasteiger partial charge in [0, 0.05) is 23.2 Å². The molecule has 2 aromatic carbocycles. The first-order valence-electron chi connectivity index (χ1n) is 8.10. The first-order chi connectivity index (χ1) is 12.7. The van der Waals surface area contributed by atoms with Crippen molar-refractivity contribution in [1.29, 1.82) is 0 Å². The van der Waals surface area contributed by atoms with E-state index < -0.39 is 0 Å². The number of carbonyl (C=O) groups excluding carboxylic acids is 1. The molecule has 5 nitrogen and oxygen atoms in total. The van der Waals surface area contributed by atoms with Crippen LogP contribution >= 0.6 is 0 Å². The van der Waals surface area contributed by atoms with E-state index in [1.807, 2.05) is 0 Å². The molecule has 0 radical (unpaired) electrons. The Balaban J connectivity index is 1.68. The van der Waals surface area contributed by atoms with Gasteiger partial charge in [-0.05, 0) is 42.5 Å². The van der Waals surface area contributed by atoms with Crippen LogP contribution in [-0.2, 0) is 6.61 Å². The SMILES string of the molecule is O=C1c2cc3cnn(-c4ccc(F)cc4)c3cc2OCc2ncccc21. The van der Waals surface area contributed by atoms with Crippen molar-refractivity contribution < 1.29 is 13.9 Å². The Morgan fingerprint density at radius 3 is 2.77 bits per heavy atom. The Morgan fingerprint density at radius 2 is 1.92 bits per heavy atom. The molecule has 0 spiro atoms. The van der Waals surface area contributed by atoms with E-state index in [-0.39, 0.29) is 18.2 Å². The fourth-order valence-electron chi connectivity index (χ4n) is 3.19. The van der Waals surface area contributed by atoms with Gasteiger partial charge in [0.15, 0.2) is 5.78 Å². The van der Waals surface area contributed by atoms with Crippen LogP contribution in [0.4, 0.5) is 4.39 Å². The summed E-state index contributed by atoms with van der Waals surface area (Å²) in [6.45, 7) is 0.227. The highest BCUT2D eigenvalue weighted by atomic mass is 19.1. The van der Waals surface area contributed by atoms with Crippen molar-refractivity contribution in [3.8, 4) is 11.4 Å². The summed E-state index contributed by atoms with van der Waals surface area (Å²) in [6.07, 6.45) is 3.33. The van der Waals surface area contributed by atoms with E-state index in [2.05, 4.69) is 10.1 Å². The van der Waals surface area contributed by atoms with E-state index in [1.54, 1.807) is 53.5 Å². The topological polar surface area (TPSA) is 57.0 Å². The van der Waals surface area contributed by atoms with Gasteiger partial charge in [0.1, 0.15) is 18.2 Å². The van der Waals surface area contributed by atoms with Crippen LogP contribution in [0.15, 0.2) is 60.9 Å². The number of nitrogens with zero attached hydrogens (tertiary/aromatic N) is 3. The van der Waals surface area contributed by atoms with Crippen LogP contribution in [-0.4, -0.2) is 20.5 Å². The Hall–Kier alpha value is -3.54. The molecule has 3 heterocycles. The molecule has 0 saturated carbocycles. The van der Waals surface area contributed by atoms with Crippen molar-refractivity contribution in [1.82, 2.24) is 14.8 Å². The zero-order valence-corrected chi connectivity index (χ0v) is 13.5. The molecule has 4 aromatic rings. The highest BCUT2D eigenvalue weighted by Gasteiger charge is 2.24. The maximum Gasteiger partial charge on any atom is 0.198 e. The zero-order valence-electron chi connectivity index (χ0n) is 13.5. The molecule has 2 aromatic heterocycles. The van der Waals surface area contributed by atoms with Gasteiger partial charge in [-0.15, -0.1) is 0 Å². The molecular formula is C20H12FN3O2. The van der Waals surface area contributed by atoms with Crippen LogP contribution in [0, 0.1) is 5.82 Å². The number of pyridine rings is 1. The molecule has 6 heteroatoms. The summed E-state index contributed by atoms with van der Waals surface area (Å²) in [4.78, 5) is 17.1. The fraction of sp³-hybridized carbons (Fsp3) is 0.0500. The third-order valence-electron chi connectivity index (χ3n) is 4.48. The third-order valence-corrected chi connectivity index (χ3v) is 4.48. The van der Waals surface area contributed by atoms with Crippen molar-refractivity contribution >= 4 is 16.7 Å². The molecule has 0 saturated heterocycles. The summed E-state index contributed by atoms with van der Waals surface area (Å²) < 4.78 is 20.7. The molecule has 1 aliphatic rings. The molecule has 0 unspecified atom stereocenters. The lowest BCUT2D eigenvalue weighted by molar-refractivity contribution is 0.103. The summed E-state index contributed by atoms with van der Waals surface area (Å²) in [5.74, 6) is 0.0691. The number of rotatable bonds is 1. The first-order valence-corrected chi connectivity index (χ1v) is 8.10. The number of benzene rings is 2. The number of aromatic nitrogens is 3. The lowest BCUT2D eigenvalue weighted by atomic mass is 10.0. The van der Waals surface area contributed by atoms with Crippen LogP contribution in [0.1, 0.15) is 21.6 Å². The van der Waals surface area contributed by atoms with E-state index >= 15 is 0 Å². The van der Waals surface area contributed by atoms with E-state index in [4.69, 9.17) is 4.74 Å². The average molecular weight is 345 g/mol. The smallest absolute Gasteiger partial charge is 0.198 e. The lowest BCUT2D eigenvalue weighted by Crippen LogP contribution is -2.04. The second kappa shape index (κ2) is 5.49. The highest BCUT2D eigenvalue weighted by molar-refractivity contribution is 6.13. The maximum absolute atomic E-state index is 13.2. The second-order valence-corrected chi connectivity index (χ2v) is 6.06. The van der Waals surface area contributed by atoms with E-state index in [1.165, 1.54) is 12.1 Å². The minimum atomic E-state index is -0.307. The Kier molecular flexibility index (Phi) is 3.12. The molecule has 0 aliphatic carbocycles. The van der Waals surface area contributed by atoms with Gasteiger partial charge < -0.3 is 4.74 Å². The average Bonchev–Trinajstić information content (AvgIpc) is 3.02. The summed E-state index contributed by atoms with van der Waals surface area (Å²) in [7, 11) is 0. The number of hydrogen-bond acceptors (Lipinski definition) is 4. The molecule has 26 heavy (non-hydrogen) atoms. The molecule has 0 atom stereocenters. The van der Waals surface area contributed by atoms with Crippen molar-refractivity contribution in [2.24, 2.45) is 0 Å². The fourth-order valence-corrected chi connectivity index (χ4v) is 3.19. The van der Waals surface area contributed by atoms with E-state index in [0.717, 1.165) is 16.6 Å². The molecule has 0 fully saturated rings. The quantitative estimate of drug-likeness (QED) is 0.528. The van der Waals surface area contributed by atoms with E-state index in [0.29, 0.717) is 22.6 Å². The lowest BCUT2D eigenvalue weighted by Gasteiger charge is -2.08. The Morgan fingerprint density at radius 1 is 1.08 bits per heavy atom. The molecule has 0 bridgehead atoms. The molecule has 1 aliphatic heterocycles. The largest absolute Gasteiger partial charge is 0.486 e. The predicted molar refractivity (Wildman–Crippen MR) is 93.0 cm³/mol. The van der Waals surface area contributed by atoms with Gasteiger partial charge in [0.05, 0.1) is 28.7 Å². The monoisotopic (exact) mass is 345 g/mol. The Labute approximate surface area is 147 Å². The van der Waals surface area contributed by atoms with Crippen molar-refractivity contribution in [3.63, 3.8) is 0 Å². The third kappa shape index (κ3) is 2.19. The Bertz CT molecular complexity index is 1170. The highest BCUT2D eigenvalue weighted by Crippen LogP contribution is 2.32. The van der Waals surface area contributed by atoms with Gasteiger partial charge >= 0.3 is 0 Å². The van der Waals surface area contributed by atoms with Crippen LogP contribution in [0.25, 0.3) is 16.6 Å². The predicted octanol–water partition coefficient (Wildman–Crippen LogP) is 3.68. The molecular weight excluding hydrogens is 333 g/mol. The number of carbonyl (C=O) groups is 1. The van der Waals surface area contributed by atoms with Gasteiger partial charge in [-0.2, -0.15) is 5.10 Å². The summed E-state index contributed by atoms with van der Waals surface area (Å²) in [6, 6.07) is 13.1. The number of halogens is 1. The zero-order chi connectivity index (χ0) is 17.7. The summed E-state index contributed by atoms with van der Waals surface area (Å²) >= 11 is 0. The van der Waals surface area contributed by atoms with Crippen molar-refractivity contribution in [2.75, 3.05) is 0 Å². The molecule has 0 amide bonds. The van der Waals surface area contributed by atoms with Gasteiger partial charge in [-0.25, -0.2) is 9.07 Å². The number of ether oxygens (including phenoxy) is 1. The molecule has 5 rings (SSSR count). The summed E-state index contributed by atoms with van der Waals surface area (Å²) in [5.41, 5.74) is 3.17. The molecule has 0 N–H and O–H groups in total. The number of hydrogen-bond donors (Lipinski definition) is 0.